The molecule has 0 aliphatic rings. The maximum atomic E-state index is 12.8. The monoisotopic (exact) mass is 533 g/mol. The molecule has 1 atom stereocenters. The zero-order valence-corrected chi connectivity index (χ0v) is 22.2. The Bertz CT molecular complexity index is 1320. The Morgan fingerprint density at radius 1 is 0.949 bits per heavy atom. The number of carbonyl (C=O) groups excluding carboxylic acids is 4. The molecular weight excluding hydrogens is 502 g/mol. The van der Waals surface area contributed by atoms with Crippen molar-refractivity contribution in [2.24, 2.45) is 0 Å². The highest BCUT2D eigenvalue weighted by Gasteiger charge is 2.19. The molecule has 0 saturated carbocycles. The number of esters is 1. The summed E-state index contributed by atoms with van der Waals surface area (Å²) in [6.45, 7) is 3.64. The summed E-state index contributed by atoms with van der Waals surface area (Å²) >= 11 is 0. The summed E-state index contributed by atoms with van der Waals surface area (Å²) in [5.74, 6) is -0.0439. The molecule has 0 heterocycles. The van der Waals surface area contributed by atoms with Crippen LogP contribution in [0.25, 0.3) is 0 Å². The van der Waals surface area contributed by atoms with Crippen molar-refractivity contribution < 1.29 is 33.4 Å². The number of nitrogens with one attached hydrogen (secondary N) is 2. The maximum absolute atomic E-state index is 12.8. The SMILES string of the molecule is COC(=O)c1ccc(OC(C)CN(C=O)C(=O)Cc2ccc(NC(=O)Nc3ccccc3C)c(OC)c2)cc1. The van der Waals surface area contributed by atoms with E-state index in [1.54, 1.807) is 55.5 Å². The van der Waals surface area contributed by atoms with Crippen molar-refractivity contribution >= 4 is 35.7 Å². The molecule has 3 rings (SSSR count). The van der Waals surface area contributed by atoms with Crippen LogP contribution >= 0.6 is 0 Å². The van der Waals surface area contributed by atoms with E-state index in [2.05, 4.69) is 15.4 Å². The van der Waals surface area contributed by atoms with Gasteiger partial charge in [-0.25, -0.2) is 9.59 Å². The Kier molecular flexibility index (Phi) is 10.0. The van der Waals surface area contributed by atoms with Crippen molar-refractivity contribution in [1.82, 2.24) is 4.90 Å². The molecule has 0 fully saturated rings. The van der Waals surface area contributed by atoms with Crippen LogP contribution in [0.1, 0.15) is 28.4 Å². The highest BCUT2D eigenvalue weighted by atomic mass is 16.5. The van der Waals surface area contributed by atoms with Crippen LogP contribution in [0.2, 0.25) is 0 Å². The van der Waals surface area contributed by atoms with Crippen LogP contribution in [0, 0.1) is 6.92 Å². The normalized spacial score (nSPS) is 11.1. The van der Waals surface area contributed by atoms with Gasteiger partial charge in [0.2, 0.25) is 12.3 Å². The highest BCUT2D eigenvalue weighted by Crippen LogP contribution is 2.26. The van der Waals surface area contributed by atoms with Crippen LogP contribution in [0.5, 0.6) is 11.5 Å². The Balaban J connectivity index is 1.59. The van der Waals surface area contributed by atoms with E-state index in [1.807, 2.05) is 25.1 Å². The van der Waals surface area contributed by atoms with E-state index in [-0.39, 0.29) is 13.0 Å². The fourth-order valence-electron chi connectivity index (χ4n) is 3.75. The predicted octanol–water partition coefficient (Wildman–Crippen LogP) is 4.43. The number of rotatable bonds is 11. The standard InChI is InChI=1S/C29H31N3O7/c1-19-7-5-6-8-24(19)30-29(36)31-25-14-9-21(15-26(25)37-3)16-27(34)32(18-33)17-20(2)39-23-12-10-22(11-13-23)28(35)38-4/h5-15,18,20H,16-17H2,1-4H3,(H2,30,31,36). The zero-order valence-electron chi connectivity index (χ0n) is 22.2. The van der Waals surface area contributed by atoms with Gasteiger partial charge in [0, 0.05) is 5.69 Å². The van der Waals surface area contributed by atoms with Crippen molar-refractivity contribution in [3.05, 3.63) is 83.4 Å². The number of aryl methyl sites for hydroxylation is 1. The minimum absolute atomic E-state index is 0.0247. The smallest absolute Gasteiger partial charge is 0.337 e. The summed E-state index contributed by atoms with van der Waals surface area (Å²) < 4.78 is 15.9. The van der Waals surface area contributed by atoms with E-state index < -0.39 is 24.0 Å². The summed E-state index contributed by atoms with van der Waals surface area (Å²) in [4.78, 5) is 49.6. The Hall–Kier alpha value is -4.86. The van der Waals surface area contributed by atoms with E-state index in [1.165, 1.54) is 14.2 Å². The van der Waals surface area contributed by atoms with E-state index >= 15 is 0 Å². The van der Waals surface area contributed by atoms with Crippen LogP contribution in [-0.4, -0.2) is 56.1 Å². The quantitative estimate of drug-likeness (QED) is 0.276. The number of anilines is 2. The van der Waals surface area contributed by atoms with Gasteiger partial charge >= 0.3 is 12.0 Å². The first-order valence-electron chi connectivity index (χ1n) is 12.1. The van der Waals surface area contributed by atoms with Gasteiger partial charge in [-0.3, -0.25) is 14.5 Å². The lowest BCUT2D eigenvalue weighted by atomic mass is 10.1. The number of nitrogens with zero attached hydrogens (tertiary/aromatic N) is 1. The minimum Gasteiger partial charge on any atom is -0.495 e. The number of hydrogen-bond acceptors (Lipinski definition) is 7. The molecule has 204 valence electrons. The number of methoxy groups -OCH3 is 2. The van der Waals surface area contributed by atoms with Crippen LogP contribution in [-0.2, 0) is 20.7 Å². The molecule has 0 saturated heterocycles. The molecule has 0 spiro atoms. The lowest BCUT2D eigenvalue weighted by molar-refractivity contribution is -0.138. The number of benzene rings is 3. The second kappa shape index (κ2) is 13.6. The van der Waals surface area contributed by atoms with Gasteiger partial charge in [-0.05, 0) is 67.4 Å². The van der Waals surface area contributed by atoms with Gasteiger partial charge in [0.05, 0.1) is 38.4 Å². The summed E-state index contributed by atoms with van der Waals surface area (Å²) in [6, 6.07) is 18.2. The van der Waals surface area contributed by atoms with Gasteiger partial charge in [-0.15, -0.1) is 0 Å². The van der Waals surface area contributed by atoms with Gasteiger partial charge in [0.1, 0.15) is 17.6 Å². The van der Waals surface area contributed by atoms with Gasteiger partial charge in [-0.2, -0.15) is 0 Å². The fraction of sp³-hybridized carbons (Fsp3) is 0.241. The minimum atomic E-state index is -0.504. The largest absolute Gasteiger partial charge is 0.495 e. The molecule has 0 radical (unpaired) electrons. The van der Waals surface area contributed by atoms with Crippen LogP contribution in [0.3, 0.4) is 0 Å². The first-order chi connectivity index (χ1) is 18.7. The third kappa shape index (κ3) is 8.06. The van der Waals surface area contributed by atoms with E-state index in [9.17, 15) is 19.2 Å². The van der Waals surface area contributed by atoms with Gasteiger partial charge in [-0.1, -0.05) is 24.3 Å². The molecule has 0 aliphatic carbocycles. The third-order valence-corrected chi connectivity index (χ3v) is 5.78. The summed E-state index contributed by atoms with van der Waals surface area (Å²) in [5, 5.41) is 5.53. The average molecular weight is 534 g/mol. The molecule has 3 aromatic carbocycles. The first kappa shape index (κ1) is 28.7. The number of carbonyl (C=O) groups is 4. The molecule has 4 amide bonds. The summed E-state index contributed by atoms with van der Waals surface area (Å²) in [7, 11) is 2.76. The van der Waals surface area contributed by atoms with E-state index in [0.717, 1.165) is 10.5 Å². The molecule has 0 aliphatic heterocycles. The summed E-state index contributed by atoms with van der Waals surface area (Å²) in [6.07, 6.45) is -0.104. The number of para-hydroxylation sites is 1. The van der Waals surface area contributed by atoms with Gasteiger partial charge in [0.15, 0.2) is 0 Å². The number of hydrogen-bond donors (Lipinski definition) is 2. The molecule has 1 unspecified atom stereocenters. The Morgan fingerprint density at radius 2 is 1.64 bits per heavy atom. The molecule has 10 nitrogen and oxygen atoms in total. The van der Waals surface area contributed by atoms with E-state index in [0.29, 0.717) is 40.4 Å². The lowest BCUT2D eigenvalue weighted by Gasteiger charge is -2.21. The van der Waals surface area contributed by atoms with Crippen molar-refractivity contribution in [1.29, 1.82) is 0 Å². The van der Waals surface area contributed by atoms with Crippen molar-refractivity contribution in [3.8, 4) is 11.5 Å². The van der Waals surface area contributed by atoms with Gasteiger partial charge < -0.3 is 24.8 Å². The van der Waals surface area contributed by atoms with Crippen molar-refractivity contribution in [2.75, 3.05) is 31.4 Å². The predicted molar refractivity (Wildman–Crippen MR) is 146 cm³/mol. The number of amides is 4. The number of ether oxygens (including phenoxy) is 3. The fourth-order valence-corrected chi connectivity index (χ4v) is 3.75. The zero-order chi connectivity index (χ0) is 28.4. The molecule has 39 heavy (non-hydrogen) atoms. The number of imide groups is 1. The lowest BCUT2D eigenvalue weighted by Crippen LogP contribution is -2.38. The van der Waals surface area contributed by atoms with Crippen molar-refractivity contribution in [3.63, 3.8) is 0 Å². The van der Waals surface area contributed by atoms with Crippen LogP contribution in [0.15, 0.2) is 66.7 Å². The maximum Gasteiger partial charge on any atom is 0.337 e. The second-order valence-electron chi connectivity index (χ2n) is 8.70. The molecule has 0 aromatic heterocycles. The topological polar surface area (TPSA) is 123 Å². The summed E-state index contributed by atoms with van der Waals surface area (Å²) in [5.41, 5.74) is 3.00. The Morgan fingerprint density at radius 3 is 2.28 bits per heavy atom. The molecular formula is C29H31N3O7. The average Bonchev–Trinajstić information content (AvgIpc) is 2.93. The van der Waals surface area contributed by atoms with Crippen molar-refractivity contribution in [2.45, 2.75) is 26.4 Å². The number of urea groups is 1. The third-order valence-electron chi connectivity index (χ3n) is 5.78. The van der Waals surface area contributed by atoms with Gasteiger partial charge in [0.25, 0.3) is 0 Å². The van der Waals surface area contributed by atoms with Crippen LogP contribution < -0.4 is 20.1 Å². The second-order valence-corrected chi connectivity index (χ2v) is 8.70. The molecule has 0 bridgehead atoms. The molecule has 2 N–H and O–H groups in total. The van der Waals surface area contributed by atoms with E-state index in [4.69, 9.17) is 9.47 Å². The molecule has 10 heteroatoms. The Labute approximate surface area is 226 Å². The van der Waals surface area contributed by atoms with Crippen LogP contribution in [0.4, 0.5) is 16.2 Å². The molecule has 3 aromatic rings. The first-order valence-corrected chi connectivity index (χ1v) is 12.1. The highest BCUT2D eigenvalue weighted by molar-refractivity contribution is 6.01.